The van der Waals surface area contributed by atoms with Crippen LogP contribution in [0.1, 0.15) is 5.56 Å². The molecule has 0 saturated heterocycles. The van der Waals surface area contributed by atoms with E-state index in [2.05, 4.69) is 171 Å². The van der Waals surface area contributed by atoms with Gasteiger partial charge in [0.2, 0.25) is 0 Å². The number of nitrogens with zero attached hydrogens (tertiary/aromatic N) is 2. The summed E-state index contributed by atoms with van der Waals surface area (Å²) in [4.78, 5) is 10.2. The van der Waals surface area contributed by atoms with Crippen molar-refractivity contribution in [2.75, 3.05) is 0 Å². The Kier molecular flexibility index (Phi) is 6.50. The van der Waals surface area contributed by atoms with Gasteiger partial charge in [0.1, 0.15) is 0 Å². The van der Waals surface area contributed by atoms with Gasteiger partial charge in [-0.3, -0.25) is 4.98 Å². The minimum absolute atomic E-state index is 1.00. The molecule has 0 aliphatic rings. The molecule has 0 aliphatic heterocycles. The van der Waals surface area contributed by atoms with Crippen LogP contribution < -0.4 is 0 Å². The zero-order chi connectivity index (χ0) is 35.0. The van der Waals surface area contributed by atoms with E-state index in [1.807, 2.05) is 12.3 Å². The largest absolute Gasteiger partial charge is 0.256 e. The summed E-state index contributed by atoms with van der Waals surface area (Å²) in [6.45, 7) is 2.20. The molecule has 0 saturated carbocycles. The van der Waals surface area contributed by atoms with Crippen LogP contribution in [0.5, 0.6) is 0 Å². The molecule has 0 unspecified atom stereocenters. The van der Waals surface area contributed by atoms with Crippen LogP contribution in [-0.4, -0.2) is 9.97 Å². The van der Waals surface area contributed by atoms with Gasteiger partial charge in [0, 0.05) is 38.7 Å². The summed E-state index contributed by atoms with van der Waals surface area (Å²) < 4.78 is 0. The number of rotatable bonds is 3. The van der Waals surface area contributed by atoms with Crippen LogP contribution in [0.3, 0.4) is 0 Å². The van der Waals surface area contributed by atoms with Gasteiger partial charge in [-0.2, -0.15) is 0 Å². The molecule has 0 amide bonds. The second-order valence-corrected chi connectivity index (χ2v) is 14.1. The van der Waals surface area contributed by atoms with E-state index in [9.17, 15) is 0 Å². The lowest BCUT2D eigenvalue weighted by atomic mass is 9.83. The van der Waals surface area contributed by atoms with Gasteiger partial charge in [-0.05, 0) is 90.6 Å². The Morgan fingerprint density at radius 2 is 1.02 bits per heavy atom. The Morgan fingerprint density at radius 3 is 1.81 bits per heavy atom. The Balaban J connectivity index is 1.20. The third kappa shape index (κ3) is 4.46. The van der Waals surface area contributed by atoms with Crippen molar-refractivity contribution >= 4 is 75.7 Å². The maximum Gasteiger partial charge on any atom is 0.0788 e. The molecule has 0 bridgehead atoms. The minimum atomic E-state index is 1.00. The second-order valence-electron chi connectivity index (χ2n) is 14.1. The zero-order valence-electron chi connectivity index (χ0n) is 29.1. The van der Waals surface area contributed by atoms with Gasteiger partial charge in [0.25, 0.3) is 0 Å². The highest BCUT2D eigenvalue weighted by molar-refractivity contribution is 6.26. The highest BCUT2D eigenvalue weighted by atomic mass is 14.7. The van der Waals surface area contributed by atoms with E-state index in [0.717, 1.165) is 33.1 Å². The first-order chi connectivity index (χ1) is 26.2. The normalized spacial score (nSPS) is 11.9. The summed E-state index contributed by atoms with van der Waals surface area (Å²) in [7, 11) is 0. The van der Waals surface area contributed by atoms with E-state index >= 15 is 0 Å². The van der Waals surface area contributed by atoms with Crippen molar-refractivity contribution in [2.45, 2.75) is 6.92 Å². The molecule has 0 radical (unpaired) electrons. The molecular weight excluding hydrogens is 641 g/mol. The lowest BCUT2D eigenvalue weighted by Gasteiger charge is -2.20. The first-order valence-corrected chi connectivity index (χ1v) is 18.2. The monoisotopic (exact) mass is 672 g/mol. The lowest BCUT2D eigenvalue weighted by molar-refractivity contribution is 1.42. The van der Waals surface area contributed by atoms with Gasteiger partial charge in [0.15, 0.2) is 0 Å². The third-order valence-corrected chi connectivity index (χ3v) is 11.2. The summed E-state index contributed by atoms with van der Waals surface area (Å²) in [5.74, 6) is 0. The van der Waals surface area contributed by atoms with Crippen molar-refractivity contribution in [3.8, 4) is 33.5 Å². The summed E-state index contributed by atoms with van der Waals surface area (Å²) in [6.07, 6.45) is 1.90. The molecule has 9 aromatic carbocycles. The molecule has 0 atom stereocenters. The molecule has 2 aromatic heterocycles. The molecule has 0 fully saturated rings. The first kappa shape index (κ1) is 29.8. The summed E-state index contributed by atoms with van der Waals surface area (Å²) in [5.41, 5.74) is 10.3. The smallest absolute Gasteiger partial charge is 0.0788 e. The lowest BCUT2D eigenvalue weighted by Crippen LogP contribution is -1.94. The Bertz CT molecular complexity index is 3230. The molecule has 2 nitrogen and oxygen atoms in total. The number of benzene rings is 9. The number of aryl methyl sites for hydroxylation is 1. The number of hydrogen-bond acceptors (Lipinski definition) is 2. The fraction of sp³-hybridized carbons (Fsp3) is 0.0196. The van der Waals surface area contributed by atoms with Crippen molar-refractivity contribution < 1.29 is 0 Å². The Morgan fingerprint density at radius 1 is 0.396 bits per heavy atom. The highest BCUT2D eigenvalue weighted by Crippen LogP contribution is 2.47. The molecule has 2 heteroatoms. The number of fused-ring (bicyclic) bond motifs is 10. The number of hydrogen-bond donors (Lipinski definition) is 0. The predicted molar refractivity (Wildman–Crippen MR) is 226 cm³/mol. The van der Waals surface area contributed by atoms with Gasteiger partial charge in [0.05, 0.1) is 16.7 Å². The van der Waals surface area contributed by atoms with Crippen LogP contribution >= 0.6 is 0 Å². The van der Waals surface area contributed by atoms with E-state index in [-0.39, 0.29) is 0 Å². The number of pyridine rings is 2. The van der Waals surface area contributed by atoms with E-state index in [0.29, 0.717) is 0 Å². The average molecular weight is 673 g/mol. The minimum Gasteiger partial charge on any atom is -0.256 e. The number of aromatic nitrogens is 2. The average Bonchev–Trinajstić information content (AvgIpc) is 3.22. The molecular formula is C51H32N2. The van der Waals surface area contributed by atoms with Gasteiger partial charge >= 0.3 is 0 Å². The quantitative estimate of drug-likeness (QED) is 0.138. The Hall–Kier alpha value is -6.90. The van der Waals surface area contributed by atoms with Crippen LogP contribution in [0, 0.1) is 6.92 Å². The van der Waals surface area contributed by atoms with Crippen LogP contribution in [0.2, 0.25) is 0 Å². The topological polar surface area (TPSA) is 25.8 Å². The van der Waals surface area contributed by atoms with Crippen LogP contribution in [0.25, 0.3) is 109 Å². The van der Waals surface area contributed by atoms with Crippen LogP contribution in [-0.2, 0) is 0 Å². The molecule has 53 heavy (non-hydrogen) atoms. The van der Waals surface area contributed by atoms with E-state index in [1.165, 1.54) is 81.7 Å². The standard InChI is InChI=1S/C51H32N2/c1-31-23-26-42(41-27-25-33-15-11-29-52-51(33)46(31)41)49-39-19-6-4-17-37(39)47(38-18-5-7-20-40(38)49)34-13-10-14-35(30-34)50-44-28-24-32-12-2-3-16-36(32)48(44)43-21-8-9-22-45(43)53-50/h2-30H,1H3. The van der Waals surface area contributed by atoms with E-state index < -0.39 is 0 Å². The van der Waals surface area contributed by atoms with Crippen molar-refractivity contribution in [3.05, 3.63) is 182 Å². The van der Waals surface area contributed by atoms with E-state index in [1.54, 1.807) is 0 Å². The fourth-order valence-electron chi connectivity index (χ4n) is 8.86. The molecule has 246 valence electrons. The van der Waals surface area contributed by atoms with E-state index in [4.69, 9.17) is 9.97 Å². The molecule has 0 N–H and O–H groups in total. The van der Waals surface area contributed by atoms with Crippen molar-refractivity contribution in [1.29, 1.82) is 0 Å². The van der Waals surface area contributed by atoms with Crippen LogP contribution in [0.15, 0.2) is 176 Å². The van der Waals surface area contributed by atoms with Gasteiger partial charge in [-0.15, -0.1) is 0 Å². The molecule has 2 heterocycles. The maximum absolute atomic E-state index is 5.35. The predicted octanol–water partition coefficient (Wildman–Crippen LogP) is 13.9. The SMILES string of the molecule is Cc1ccc(-c2c3ccccc3c(-c3cccc(-c4nc5ccccc5c5c4ccc4ccccc45)c3)c3ccccc23)c2ccc3cccnc3c12. The van der Waals surface area contributed by atoms with Gasteiger partial charge in [-0.1, -0.05) is 152 Å². The summed E-state index contributed by atoms with van der Waals surface area (Å²) in [5, 5.41) is 14.6. The van der Waals surface area contributed by atoms with Gasteiger partial charge in [-0.25, -0.2) is 4.98 Å². The van der Waals surface area contributed by atoms with Crippen molar-refractivity contribution in [3.63, 3.8) is 0 Å². The maximum atomic E-state index is 5.35. The first-order valence-electron chi connectivity index (χ1n) is 18.2. The summed E-state index contributed by atoms with van der Waals surface area (Å²) in [6, 6.07) is 61.8. The van der Waals surface area contributed by atoms with Crippen molar-refractivity contribution in [1.82, 2.24) is 9.97 Å². The molecule has 11 aromatic rings. The molecule has 11 rings (SSSR count). The molecule has 0 spiro atoms. The van der Waals surface area contributed by atoms with Crippen molar-refractivity contribution in [2.24, 2.45) is 0 Å². The number of para-hydroxylation sites is 1. The Labute approximate surface area is 306 Å². The highest BCUT2D eigenvalue weighted by Gasteiger charge is 2.20. The third-order valence-electron chi connectivity index (χ3n) is 11.2. The summed E-state index contributed by atoms with van der Waals surface area (Å²) >= 11 is 0. The zero-order valence-corrected chi connectivity index (χ0v) is 29.1. The van der Waals surface area contributed by atoms with Gasteiger partial charge < -0.3 is 0 Å². The second kappa shape index (κ2) is 11.6. The fourth-order valence-corrected chi connectivity index (χ4v) is 8.86. The van der Waals surface area contributed by atoms with Crippen LogP contribution in [0.4, 0.5) is 0 Å². The molecule has 0 aliphatic carbocycles.